The van der Waals surface area contributed by atoms with Gasteiger partial charge in [0, 0.05) is 37.7 Å². The lowest BCUT2D eigenvalue weighted by atomic mass is 10.1. The molecule has 0 aromatic carbocycles. The average molecular weight is 449 g/mol. The highest BCUT2D eigenvalue weighted by Crippen LogP contribution is 2.31. The van der Waals surface area contributed by atoms with Gasteiger partial charge in [-0.15, -0.1) is 0 Å². The average Bonchev–Trinajstić information content (AvgIpc) is 2.71. The van der Waals surface area contributed by atoms with Gasteiger partial charge in [0.15, 0.2) is 5.82 Å². The molecule has 0 unspecified atom stereocenters. The molecule has 30 heavy (non-hydrogen) atoms. The molecule has 1 heterocycles. The van der Waals surface area contributed by atoms with Crippen LogP contribution in [0.2, 0.25) is 0 Å². The summed E-state index contributed by atoms with van der Waals surface area (Å²) in [5, 5.41) is 0.593. The van der Waals surface area contributed by atoms with Crippen molar-refractivity contribution in [2.45, 2.75) is 39.5 Å². The first-order valence-electron chi connectivity index (χ1n) is 9.95. The van der Waals surface area contributed by atoms with Crippen molar-refractivity contribution < 1.29 is 9.53 Å². The number of carbonyl (C=O) groups is 1. The van der Waals surface area contributed by atoms with Crippen LogP contribution >= 0.6 is 23.5 Å². The maximum atomic E-state index is 10.9. The molecule has 0 saturated carbocycles. The summed E-state index contributed by atoms with van der Waals surface area (Å²) < 4.78 is 9.36. The Labute approximate surface area is 188 Å². The number of unbranched alkanes of at least 4 members (excludes halogenated alkanes) is 1. The van der Waals surface area contributed by atoms with E-state index in [2.05, 4.69) is 21.6 Å². The molecule has 1 N–H and O–H groups in total. The van der Waals surface area contributed by atoms with Crippen LogP contribution in [0.5, 0.6) is 5.88 Å². The van der Waals surface area contributed by atoms with Gasteiger partial charge in [0.2, 0.25) is 5.88 Å². The fourth-order valence-electron chi connectivity index (χ4n) is 2.66. The van der Waals surface area contributed by atoms with Crippen LogP contribution in [-0.2, 0) is 4.79 Å². The Kier molecular flexibility index (Phi) is 9.97. The molecule has 2 rings (SSSR count). The van der Waals surface area contributed by atoms with Gasteiger partial charge in [0.1, 0.15) is 17.9 Å². The van der Waals surface area contributed by atoms with Crippen molar-refractivity contribution in [1.29, 1.82) is 0 Å². The lowest BCUT2D eigenvalue weighted by molar-refractivity contribution is -0.104. The molecular weight excluding hydrogens is 420 g/mol. The van der Waals surface area contributed by atoms with E-state index in [0.29, 0.717) is 33.9 Å². The third-order valence-corrected chi connectivity index (χ3v) is 5.32. The highest BCUT2D eigenvalue weighted by molar-refractivity contribution is 8.00. The van der Waals surface area contributed by atoms with Gasteiger partial charge in [-0.1, -0.05) is 43.0 Å². The predicted molar refractivity (Wildman–Crippen MR) is 126 cm³/mol. The predicted octanol–water partition coefficient (Wildman–Crippen LogP) is 5.56. The van der Waals surface area contributed by atoms with Crippen LogP contribution < -0.4 is 9.46 Å². The molecule has 6 nitrogen and oxygen atoms in total. The number of aromatic nitrogens is 2. The molecular formula is C22H29ClN4O2S. The van der Waals surface area contributed by atoms with Crippen molar-refractivity contribution in [3.05, 3.63) is 52.7 Å². The number of aldehydes is 1. The number of ether oxygens (including phenoxy) is 1. The Morgan fingerprint density at radius 1 is 1.40 bits per heavy atom. The number of rotatable bonds is 11. The first-order valence-corrected chi connectivity index (χ1v) is 11.3. The number of allylic oxidation sites excluding steroid dienone is 6. The molecule has 1 aromatic rings. The van der Waals surface area contributed by atoms with Gasteiger partial charge in [0.05, 0.1) is 5.03 Å². The molecule has 0 spiro atoms. The second-order valence-corrected chi connectivity index (χ2v) is 8.37. The SMILES string of the molecule is CCCCSNc1cc(OC2=C(C)CCC=C2Cl)nc(C(/C=C\C=O)=C/N(C)C)n1. The van der Waals surface area contributed by atoms with Crippen molar-refractivity contribution in [3.8, 4) is 5.88 Å². The second-order valence-electron chi connectivity index (χ2n) is 7.06. The molecule has 1 aliphatic carbocycles. The standard InChI is InChI=1S/C22H29ClN4O2S/c1-5-6-13-30-26-19-14-20(29-21-16(2)9-7-11-18(21)23)25-22(24-19)17(10-8-12-28)15-27(3)4/h8,10-12,14-15H,5-7,9,13H2,1-4H3,(H,24,25,26)/b10-8-,17-15+. The van der Waals surface area contributed by atoms with Crippen LogP contribution in [0.1, 0.15) is 45.4 Å². The van der Waals surface area contributed by atoms with E-state index >= 15 is 0 Å². The Morgan fingerprint density at radius 2 is 2.20 bits per heavy atom. The maximum absolute atomic E-state index is 10.9. The molecule has 1 aliphatic rings. The Balaban J connectivity index is 2.42. The van der Waals surface area contributed by atoms with E-state index in [1.165, 1.54) is 6.08 Å². The van der Waals surface area contributed by atoms with Gasteiger partial charge in [-0.05, 0) is 43.9 Å². The van der Waals surface area contributed by atoms with E-state index in [1.54, 1.807) is 24.1 Å². The Bertz CT molecular complexity index is 863. The zero-order valence-electron chi connectivity index (χ0n) is 17.9. The number of nitrogens with one attached hydrogen (secondary N) is 1. The quantitative estimate of drug-likeness (QED) is 0.156. The van der Waals surface area contributed by atoms with Crippen LogP contribution in [-0.4, -0.2) is 41.0 Å². The Hall–Kier alpha value is -2.25. The molecule has 0 aliphatic heterocycles. The second kappa shape index (κ2) is 12.4. The van der Waals surface area contributed by atoms with Gasteiger partial charge < -0.3 is 14.4 Å². The zero-order chi connectivity index (χ0) is 21.9. The molecule has 0 amide bonds. The van der Waals surface area contributed by atoms with Gasteiger partial charge in [-0.3, -0.25) is 4.79 Å². The fraction of sp³-hybridized carbons (Fsp3) is 0.409. The zero-order valence-corrected chi connectivity index (χ0v) is 19.5. The molecule has 0 atom stereocenters. The van der Waals surface area contributed by atoms with Crippen LogP contribution in [0, 0.1) is 0 Å². The highest BCUT2D eigenvalue weighted by atomic mass is 35.5. The molecule has 162 valence electrons. The van der Waals surface area contributed by atoms with Crippen molar-refractivity contribution in [3.63, 3.8) is 0 Å². The summed E-state index contributed by atoms with van der Waals surface area (Å²) in [6, 6.07) is 1.76. The van der Waals surface area contributed by atoms with E-state index in [1.807, 2.05) is 38.2 Å². The van der Waals surface area contributed by atoms with Crippen LogP contribution in [0.3, 0.4) is 0 Å². The number of hydrogen-bond acceptors (Lipinski definition) is 7. The van der Waals surface area contributed by atoms with Crippen molar-refractivity contribution in [1.82, 2.24) is 14.9 Å². The lowest BCUT2D eigenvalue weighted by Crippen LogP contribution is -2.08. The monoisotopic (exact) mass is 448 g/mol. The summed E-state index contributed by atoms with van der Waals surface area (Å²) in [6.07, 6.45) is 11.7. The number of nitrogens with zero attached hydrogens (tertiary/aromatic N) is 3. The van der Waals surface area contributed by atoms with E-state index in [0.717, 1.165) is 43.3 Å². The third kappa shape index (κ3) is 7.54. The maximum Gasteiger partial charge on any atom is 0.225 e. The van der Waals surface area contributed by atoms with Crippen molar-refractivity contribution >= 4 is 41.2 Å². The van der Waals surface area contributed by atoms with Crippen molar-refractivity contribution in [2.75, 3.05) is 24.6 Å². The smallest absolute Gasteiger partial charge is 0.225 e. The first-order chi connectivity index (χ1) is 14.4. The van der Waals surface area contributed by atoms with Crippen molar-refractivity contribution in [2.24, 2.45) is 0 Å². The lowest BCUT2D eigenvalue weighted by Gasteiger charge is -2.17. The van der Waals surface area contributed by atoms with Gasteiger partial charge in [0.25, 0.3) is 0 Å². The number of anilines is 1. The van der Waals surface area contributed by atoms with Gasteiger partial charge in [-0.2, -0.15) is 4.98 Å². The molecule has 1 aromatic heterocycles. The summed E-state index contributed by atoms with van der Waals surface area (Å²) in [5.74, 6) is 3.08. The fourth-order valence-corrected chi connectivity index (χ4v) is 3.76. The minimum absolute atomic E-state index is 0.394. The number of hydrogen-bond donors (Lipinski definition) is 1. The van der Waals surface area contributed by atoms with Gasteiger partial charge >= 0.3 is 0 Å². The third-order valence-electron chi connectivity index (χ3n) is 4.14. The van der Waals surface area contributed by atoms with Crippen LogP contribution in [0.25, 0.3) is 5.57 Å². The molecule has 0 fully saturated rings. The van der Waals surface area contributed by atoms with E-state index in [-0.39, 0.29) is 0 Å². The van der Waals surface area contributed by atoms with Gasteiger partial charge in [-0.25, -0.2) is 4.98 Å². The minimum atomic E-state index is 0.394. The topological polar surface area (TPSA) is 67.3 Å². The summed E-state index contributed by atoms with van der Waals surface area (Å²) in [7, 11) is 3.80. The molecule has 8 heteroatoms. The highest BCUT2D eigenvalue weighted by Gasteiger charge is 2.17. The normalized spacial score (nSPS) is 14.7. The van der Waals surface area contributed by atoms with E-state index in [4.69, 9.17) is 16.3 Å². The summed E-state index contributed by atoms with van der Waals surface area (Å²) in [6.45, 7) is 4.17. The summed E-state index contributed by atoms with van der Waals surface area (Å²) in [4.78, 5) is 21.9. The van der Waals surface area contributed by atoms with Crippen LogP contribution in [0.15, 0.2) is 46.9 Å². The Morgan fingerprint density at radius 3 is 2.87 bits per heavy atom. The largest absolute Gasteiger partial charge is 0.437 e. The molecule has 0 radical (unpaired) electrons. The summed E-state index contributed by atoms with van der Waals surface area (Å²) in [5.41, 5.74) is 1.77. The van der Waals surface area contributed by atoms with E-state index < -0.39 is 0 Å². The first kappa shape index (κ1) is 24.0. The minimum Gasteiger partial charge on any atom is -0.437 e. The van der Waals surface area contributed by atoms with E-state index in [9.17, 15) is 4.79 Å². The number of halogens is 1. The summed E-state index contributed by atoms with van der Waals surface area (Å²) >= 11 is 7.96. The molecule has 0 saturated heterocycles. The van der Waals surface area contributed by atoms with Crippen LogP contribution in [0.4, 0.5) is 5.82 Å². The number of carbonyl (C=O) groups excluding carboxylic acids is 1. The molecule has 0 bridgehead atoms.